The first kappa shape index (κ1) is 106. The Morgan fingerprint density at radius 3 is 1.82 bits per heavy atom. The van der Waals surface area contributed by atoms with E-state index < -0.39 is 253 Å². The van der Waals surface area contributed by atoms with Gasteiger partial charge in [0.1, 0.15) is 60.4 Å². The predicted molar refractivity (Wildman–Crippen MR) is 503 cm³/mol. The van der Waals surface area contributed by atoms with Crippen LogP contribution in [0, 0.1) is 29.1 Å². The average molecular weight is 1910 g/mol. The van der Waals surface area contributed by atoms with E-state index in [0.717, 1.165) is 44.2 Å². The highest BCUT2D eigenvalue weighted by molar-refractivity contribution is 8.00. The summed E-state index contributed by atoms with van der Waals surface area (Å²) >= 11 is 0.782. The molecule has 736 valence electrons. The first-order valence-electron chi connectivity index (χ1n) is 46.0. The molecule has 42 nitrogen and oxygen atoms in total. The van der Waals surface area contributed by atoms with Crippen LogP contribution in [-0.4, -0.2) is 295 Å². The molecule has 43 heteroatoms. The number of ketones is 2. The van der Waals surface area contributed by atoms with Gasteiger partial charge in [0.05, 0.1) is 50.2 Å². The Morgan fingerprint density at radius 2 is 1.18 bits per heavy atom. The molecule has 3 aliphatic rings. The van der Waals surface area contributed by atoms with Gasteiger partial charge >= 0.3 is 0 Å². The lowest BCUT2D eigenvalue weighted by Gasteiger charge is -2.32. The number of primary amides is 2. The quantitative estimate of drug-likeness (QED) is 0.0173. The number of Topliss-reactive ketones (excluding diaryl/α,β-unsaturated/α-hetero) is 2. The number of imidazole rings is 1. The first-order valence-corrected chi connectivity index (χ1v) is 47.1. The first-order chi connectivity index (χ1) is 64.9. The largest absolute Gasteiger partial charge is 0.394 e. The van der Waals surface area contributed by atoms with E-state index in [1.807, 2.05) is 6.92 Å². The van der Waals surface area contributed by atoms with Crippen LogP contribution in [0.5, 0.6) is 0 Å². The molecule has 1 aliphatic carbocycles. The summed E-state index contributed by atoms with van der Waals surface area (Å²) in [6.45, 7) is 3.65. The number of amides is 16. The number of hydrogen-bond acceptors (Lipinski definition) is 22. The fourth-order valence-electron chi connectivity index (χ4n) is 17.1. The van der Waals surface area contributed by atoms with Crippen molar-refractivity contribution < 1.29 is 91.4 Å². The van der Waals surface area contributed by atoms with E-state index in [4.69, 9.17) is 22.6 Å². The fraction of sp³-hybridized carbons (Fsp3) is 0.527. The van der Waals surface area contributed by atoms with Crippen molar-refractivity contribution in [2.24, 2.45) is 40.9 Å². The number of carbonyl (C=O) groups excluding carboxylic acids is 18. The zero-order valence-corrected chi connectivity index (χ0v) is 78.6. The van der Waals surface area contributed by atoms with Crippen LogP contribution < -0.4 is 75.7 Å². The van der Waals surface area contributed by atoms with Crippen molar-refractivity contribution in [3.8, 4) is 0 Å². The minimum Gasteiger partial charge on any atom is -0.394 e. The van der Waals surface area contributed by atoms with Gasteiger partial charge in [-0.15, -0.1) is 11.8 Å². The number of aliphatic hydroxyl groups excluding tert-OH is 1. The van der Waals surface area contributed by atoms with E-state index in [1.165, 1.54) is 40.6 Å². The molecule has 136 heavy (non-hydrogen) atoms. The molecule has 5 heterocycles. The molecule has 1 saturated carbocycles. The molecule has 16 amide bonds. The van der Waals surface area contributed by atoms with E-state index in [2.05, 4.69) is 78.4 Å². The van der Waals surface area contributed by atoms with Crippen LogP contribution in [0.2, 0.25) is 0 Å². The molecule has 2 aliphatic heterocycles. The molecule has 3 aromatic heterocycles. The Bertz CT molecular complexity index is 5240. The Hall–Kier alpha value is -13.6. The van der Waals surface area contributed by atoms with Gasteiger partial charge in [0.2, 0.25) is 94.5 Å². The minimum atomic E-state index is -1.84. The average Bonchev–Trinajstić information content (AvgIpc) is 1.64. The number of nitrogens with one attached hydrogen (secondary N) is 15. The number of rotatable bonds is 26. The third kappa shape index (κ3) is 31.0. The zero-order valence-electron chi connectivity index (χ0n) is 77.7. The highest BCUT2D eigenvalue weighted by Gasteiger charge is 2.44. The maximum absolute atomic E-state index is 15.7. The smallest absolute Gasteiger partial charge is 0.246 e. The van der Waals surface area contributed by atoms with Gasteiger partial charge in [0.15, 0.2) is 17.5 Å². The summed E-state index contributed by atoms with van der Waals surface area (Å²) < 4.78 is 0. The van der Waals surface area contributed by atoms with Gasteiger partial charge in [-0.05, 0) is 99.5 Å². The molecule has 0 spiro atoms. The normalized spacial score (nSPS) is 23.9. The number of thioether (sulfide) groups is 1. The van der Waals surface area contributed by atoms with Crippen LogP contribution in [0.3, 0.4) is 0 Å². The molecule has 0 radical (unpaired) electrons. The van der Waals surface area contributed by atoms with Crippen LogP contribution in [-0.2, 0) is 112 Å². The van der Waals surface area contributed by atoms with Gasteiger partial charge in [-0.3, -0.25) is 91.7 Å². The number of nitrogens with two attached hydrogens (primary N) is 3. The Labute approximate surface area is 791 Å². The van der Waals surface area contributed by atoms with Crippen molar-refractivity contribution in [1.29, 1.82) is 5.41 Å². The number of para-hydroxylation sites is 2. The molecule has 13 atom stereocenters. The Morgan fingerprint density at radius 1 is 0.566 bits per heavy atom. The number of fused-ring (bicyclic) bond motifs is 3. The summed E-state index contributed by atoms with van der Waals surface area (Å²) in [6.07, 6.45) is 6.32. The van der Waals surface area contributed by atoms with E-state index in [9.17, 15) is 62.6 Å². The van der Waals surface area contributed by atoms with Crippen molar-refractivity contribution in [1.82, 2.24) is 98.0 Å². The van der Waals surface area contributed by atoms with E-state index >= 15 is 28.8 Å². The summed E-state index contributed by atoms with van der Waals surface area (Å²) in [7, 11) is 3.87. The molecule has 6 aromatic rings. The number of nitrogens with zero attached hydrogens (tertiary/aromatic N) is 5. The number of aromatic nitrogens is 4. The van der Waals surface area contributed by atoms with Crippen molar-refractivity contribution >= 4 is 146 Å². The molecule has 9 rings (SSSR count). The van der Waals surface area contributed by atoms with Crippen LogP contribution in [0.25, 0.3) is 21.8 Å². The van der Waals surface area contributed by atoms with Gasteiger partial charge in [-0.2, -0.15) is 0 Å². The van der Waals surface area contributed by atoms with Crippen molar-refractivity contribution in [2.45, 2.75) is 216 Å². The Kier molecular flexibility index (Phi) is 40.4. The van der Waals surface area contributed by atoms with Gasteiger partial charge < -0.3 is 115 Å². The molecule has 3 fully saturated rings. The highest BCUT2D eigenvalue weighted by atomic mass is 32.2. The fourth-order valence-corrected chi connectivity index (χ4v) is 17.9. The van der Waals surface area contributed by atoms with Gasteiger partial charge in [0, 0.05) is 137 Å². The zero-order chi connectivity index (χ0) is 99.0. The number of aliphatic hydroxyl groups is 1. The van der Waals surface area contributed by atoms with Crippen molar-refractivity contribution in [2.75, 3.05) is 72.0 Å². The maximum Gasteiger partial charge on any atom is 0.246 e. The molecule has 2 saturated heterocycles. The summed E-state index contributed by atoms with van der Waals surface area (Å²) in [5.41, 5.74) is 20.1. The van der Waals surface area contributed by atoms with E-state index in [-0.39, 0.29) is 83.2 Å². The maximum atomic E-state index is 15.7. The molecular formula is C93H129N23O19S. The van der Waals surface area contributed by atoms with Crippen LogP contribution in [0.1, 0.15) is 146 Å². The molecule has 3 aromatic carbocycles. The minimum absolute atomic E-state index is 0.0140. The summed E-state index contributed by atoms with van der Waals surface area (Å²) in [6, 6.07) is 5.68. The lowest BCUT2D eigenvalue weighted by molar-refractivity contribution is -0.145. The Balaban J connectivity index is 1.09. The van der Waals surface area contributed by atoms with Crippen molar-refractivity contribution in [3.63, 3.8) is 0 Å². The van der Waals surface area contributed by atoms with E-state index in [1.54, 1.807) is 105 Å². The predicted octanol–water partition coefficient (Wildman–Crippen LogP) is -1.18. The molecular weight excluding hydrogens is 1780 g/mol. The van der Waals surface area contributed by atoms with Crippen LogP contribution >= 0.6 is 11.8 Å². The molecule has 0 bridgehead atoms. The standard InChI is InChI=1S/C93H129N23O19S/c1-8-9-30-74-87(130)106-66(29-19-32-99-93(96)97)84(127)112-73(83(126)103-46-78(95)121)49-136-50-79(122)105-70(35-54-21-11-10-12-22-54)91(134)114(6)53(4)80(123)109-71(41-77(94)120)92(135)116-33-20-31-75(116)88(131)108-68(40-60-45-98-51-104-60)85(128)110-69(34-52(2)3)90(133)113(5)47-61(118)37-56(36-57-42-100-64-27-17-15-25-62(57)64)82(125)111-72(48-117)86(129)107-67(38-58-43-101-65-28-18-16-26-63(58)65)76(119)39-59(89(132)115(74)7)44-102-81(124)55-23-13-14-24-55/h10-12,15-18,21-22,25-28,42-43,45,51-53,55-56,59,66-75,100-101,117H,8-9,13-14,19-20,23-24,29-41,44,46-50H2,1-7H3,(H2,94,120)(H2,95,121)(H,98,104)(H,102,124)(H,103,126)(H,105,122)(H,106,130)(H,107,129)(H,108,131)(H,109,123)(H,110,128)(H,111,125)(H,112,127)(H4,96,97,99)/t53-,56+,59-,66-,67-,68-,69-,70-,71-,72-,73-,74-,75-/m0/s1. The van der Waals surface area contributed by atoms with E-state index in [0.29, 0.717) is 69.9 Å². The number of likely N-dealkylation sites (N-methyl/N-ethyl adjacent to an activating group) is 3. The van der Waals surface area contributed by atoms with Crippen molar-refractivity contribution in [3.05, 3.63) is 126 Å². The lowest BCUT2D eigenvalue weighted by atomic mass is 9.92. The van der Waals surface area contributed by atoms with Crippen LogP contribution in [0.4, 0.5) is 0 Å². The highest BCUT2D eigenvalue weighted by Crippen LogP contribution is 2.29. The van der Waals surface area contributed by atoms with Gasteiger partial charge in [0.25, 0.3) is 0 Å². The third-order valence-corrected chi connectivity index (χ3v) is 25.6. The number of unbranched alkanes of at least 4 members (excludes halogenated alkanes) is 1. The number of hydrogen-bond donors (Lipinski definition) is 19. The monoisotopic (exact) mass is 1900 g/mol. The number of aromatic amines is 3. The van der Waals surface area contributed by atoms with Crippen LogP contribution in [0.15, 0.2) is 104 Å². The number of guanidine groups is 1. The lowest BCUT2D eigenvalue weighted by Crippen LogP contribution is -2.60. The van der Waals surface area contributed by atoms with Gasteiger partial charge in [-0.1, -0.05) is 113 Å². The second-order valence-corrected chi connectivity index (χ2v) is 36.5. The molecule has 22 N–H and O–H groups in total. The summed E-state index contributed by atoms with van der Waals surface area (Å²) in [5, 5.41) is 49.7. The molecule has 0 unspecified atom stereocenters. The summed E-state index contributed by atoms with van der Waals surface area (Å²) in [5.74, 6) is -20.7. The number of benzene rings is 3. The van der Waals surface area contributed by atoms with Gasteiger partial charge in [-0.25, -0.2) is 4.98 Å². The third-order valence-electron chi connectivity index (χ3n) is 24.6. The second-order valence-electron chi connectivity index (χ2n) is 35.5. The topological polar surface area (TPSA) is 635 Å². The SMILES string of the molecule is CCCC[C@H]1C(=O)N[C@@H](CCCNC(=N)N)C(=O)N[C@H](C(=O)NCC(N)=O)CSCC(=O)N[C@@H](Cc2ccccc2)C(=O)N(C)[C@@H](C)C(=O)N[C@@H](CC(N)=O)C(=O)N2CCC[C@H]2C(=O)N[C@@H](Cc2cnc[nH]2)C(=O)N[C@@H](CC(C)C)C(=O)N(C)CC(=O)C[C@@H](Cc2c[nH]c3ccccc23)C(=O)N[C@@H](CO)C(=O)N[C@@H](Cc2c[nH]c3ccccc23)C(=O)C[C@@H](CNC(=O)C2CCCC2)C(=O)N1C. The number of H-pyrrole nitrogens is 3. The summed E-state index contributed by atoms with van der Waals surface area (Å²) in [4.78, 5) is 281. The second kappa shape index (κ2) is 51.7. The number of carbonyl (C=O) groups is 18.